The third-order valence-electron chi connectivity index (χ3n) is 6.10. The molecule has 3 aromatic rings. The first-order valence-corrected chi connectivity index (χ1v) is 10.4. The summed E-state index contributed by atoms with van der Waals surface area (Å²) in [5, 5.41) is 9.09. The van der Waals surface area contributed by atoms with Crippen molar-refractivity contribution in [2.24, 2.45) is 0 Å². The van der Waals surface area contributed by atoms with Gasteiger partial charge in [-0.15, -0.1) is 0 Å². The number of halogens is 3. The average Bonchev–Trinajstić information content (AvgIpc) is 3.07. The number of benzene rings is 3. The van der Waals surface area contributed by atoms with Gasteiger partial charge in [-0.2, -0.15) is 18.4 Å². The third kappa shape index (κ3) is 3.54. The lowest BCUT2D eigenvalue weighted by Crippen LogP contribution is -2.57. The van der Waals surface area contributed by atoms with Crippen molar-refractivity contribution in [2.75, 3.05) is 9.80 Å². The van der Waals surface area contributed by atoms with Gasteiger partial charge in [0, 0.05) is 11.4 Å². The molecule has 0 radical (unpaired) electrons. The zero-order chi connectivity index (χ0) is 24.7. The monoisotopic (exact) mass is 460 g/mol. The van der Waals surface area contributed by atoms with E-state index in [1.807, 2.05) is 6.07 Å². The molecule has 0 saturated carbocycles. The Morgan fingerprint density at radius 3 is 2.18 bits per heavy atom. The standard InChI is InChI=1S/C26H19F3N4O/c1-17-5-4-6-19(15-17)23-25(2,26(27,28)29)33(22-11-7-18(16-30)8-12-22)24(34)32(23)21-13-9-20(31-3)10-14-21/h4-15,23H,1-2H3/t23-,25-/m1/s1. The molecule has 1 saturated heterocycles. The number of urea groups is 1. The molecule has 4 rings (SSSR count). The highest BCUT2D eigenvalue weighted by Crippen LogP contribution is 2.54. The quantitative estimate of drug-likeness (QED) is 0.398. The van der Waals surface area contributed by atoms with E-state index in [4.69, 9.17) is 11.8 Å². The lowest BCUT2D eigenvalue weighted by Gasteiger charge is -2.40. The van der Waals surface area contributed by atoms with Crippen molar-refractivity contribution in [1.29, 1.82) is 5.26 Å². The van der Waals surface area contributed by atoms with Crippen LogP contribution in [-0.2, 0) is 0 Å². The van der Waals surface area contributed by atoms with E-state index in [1.54, 1.807) is 31.2 Å². The summed E-state index contributed by atoms with van der Waals surface area (Å²) in [6.45, 7) is 9.94. The van der Waals surface area contributed by atoms with Crippen LogP contribution in [0.15, 0.2) is 72.8 Å². The Kier molecular flexibility index (Phi) is 5.54. The topological polar surface area (TPSA) is 51.7 Å². The molecule has 0 spiro atoms. The highest BCUT2D eigenvalue weighted by molar-refractivity contribution is 6.09. The molecule has 0 N–H and O–H groups in total. The van der Waals surface area contributed by atoms with Crippen molar-refractivity contribution in [2.45, 2.75) is 31.6 Å². The Labute approximate surface area is 195 Å². The number of carbonyl (C=O) groups is 1. The number of aryl methyl sites for hydroxylation is 1. The maximum atomic E-state index is 14.9. The molecule has 5 nitrogen and oxygen atoms in total. The molecule has 170 valence electrons. The summed E-state index contributed by atoms with van der Waals surface area (Å²) in [5.74, 6) is 0. The molecule has 2 amide bonds. The van der Waals surface area contributed by atoms with Crippen LogP contribution in [0.2, 0.25) is 0 Å². The fourth-order valence-electron chi connectivity index (χ4n) is 4.40. The van der Waals surface area contributed by atoms with E-state index in [0.717, 1.165) is 22.3 Å². The van der Waals surface area contributed by atoms with Crippen LogP contribution in [-0.4, -0.2) is 17.7 Å². The fourth-order valence-corrected chi connectivity index (χ4v) is 4.40. The summed E-state index contributed by atoms with van der Waals surface area (Å²) < 4.78 is 44.8. The van der Waals surface area contributed by atoms with Gasteiger partial charge in [-0.3, -0.25) is 9.80 Å². The van der Waals surface area contributed by atoms with Gasteiger partial charge in [-0.05, 0) is 55.8 Å². The Morgan fingerprint density at radius 2 is 1.65 bits per heavy atom. The third-order valence-corrected chi connectivity index (χ3v) is 6.10. The number of hydrogen-bond donors (Lipinski definition) is 0. The van der Waals surface area contributed by atoms with E-state index in [2.05, 4.69) is 4.85 Å². The second-order valence-electron chi connectivity index (χ2n) is 8.24. The molecule has 0 unspecified atom stereocenters. The van der Waals surface area contributed by atoms with Gasteiger partial charge in [0.15, 0.2) is 11.2 Å². The molecule has 8 heteroatoms. The van der Waals surface area contributed by atoms with Gasteiger partial charge in [0.2, 0.25) is 0 Å². The van der Waals surface area contributed by atoms with E-state index in [9.17, 15) is 18.0 Å². The van der Waals surface area contributed by atoms with Crippen LogP contribution in [0.1, 0.15) is 29.7 Å². The van der Waals surface area contributed by atoms with Crippen LogP contribution in [0.5, 0.6) is 0 Å². The number of anilines is 2. The first-order chi connectivity index (χ1) is 16.1. The number of nitrogens with zero attached hydrogens (tertiary/aromatic N) is 4. The summed E-state index contributed by atoms with van der Waals surface area (Å²) >= 11 is 0. The minimum absolute atomic E-state index is 0.0294. The highest BCUT2D eigenvalue weighted by atomic mass is 19.4. The predicted octanol–water partition coefficient (Wildman–Crippen LogP) is 6.93. The van der Waals surface area contributed by atoms with Crippen molar-refractivity contribution >= 4 is 23.1 Å². The lowest BCUT2D eigenvalue weighted by molar-refractivity contribution is -0.182. The number of hydrogen-bond acceptors (Lipinski definition) is 2. The minimum Gasteiger partial charge on any atom is -0.284 e. The molecule has 1 aliphatic heterocycles. The summed E-state index contributed by atoms with van der Waals surface area (Å²) in [7, 11) is 0. The predicted molar refractivity (Wildman–Crippen MR) is 123 cm³/mol. The van der Waals surface area contributed by atoms with Crippen molar-refractivity contribution in [3.8, 4) is 6.07 Å². The average molecular weight is 460 g/mol. The van der Waals surface area contributed by atoms with Gasteiger partial charge in [0.25, 0.3) is 0 Å². The van der Waals surface area contributed by atoms with Gasteiger partial charge in [-0.1, -0.05) is 42.0 Å². The Balaban J connectivity index is 2.00. The summed E-state index contributed by atoms with van der Waals surface area (Å²) in [6.07, 6.45) is -4.81. The van der Waals surface area contributed by atoms with E-state index < -0.39 is 23.8 Å². The van der Waals surface area contributed by atoms with Crippen molar-refractivity contribution in [3.63, 3.8) is 0 Å². The molecule has 3 aromatic carbocycles. The minimum atomic E-state index is -4.81. The number of carbonyl (C=O) groups excluding carboxylic acids is 1. The van der Waals surface area contributed by atoms with Crippen LogP contribution in [0, 0.1) is 24.8 Å². The molecule has 34 heavy (non-hydrogen) atoms. The molecular formula is C26H19F3N4O. The first kappa shape index (κ1) is 22.9. The largest absolute Gasteiger partial charge is 0.414 e. The second kappa shape index (κ2) is 8.24. The zero-order valence-corrected chi connectivity index (χ0v) is 18.3. The molecule has 0 bridgehead atoms. The summed E-state index contributed by atoms with van der Waals surface area (Å²) in [4.78, 5) is 19.0. The number of nitriles is 1. The van der Waals surface area contributed by atoms with E-state index in [-0.39, 0.29) is 16.9 Å². The van der Waals surface area contributed by atoms with Gasteiger partial charge < -0.3 is 0 Å². The molecular weight excluding hydrogens is 441 g/mol. The fraction of sp³-hybridized carbons (Fsp3) is 0.192. The summed E-state index contributed by atoms with van der Waals surface area (Å²) in [6, 6.07) is 17.7. The van der Waals surface area contributed by atoms with E-state index in [0.29, 0.717) is 11.3 Å². The van der Waals surface area contributed by atoms with Crippen molar-refractivity contribution in [1.82, 2.24) is 0 Å². The lowest BCUT2D eigenvalue weighted by atomic mass is 9.84. The van der Waals surface area contributed by atoms with Gasteiger partial charge >= 0.3 is 12.2 Å². The molecule has 1 aliphatic rings. The van der Waals surface area contributed by atoms with Crippen LogP contribution in [0.25, 0.3) is 4.85 Å². The smallest absolute Gasteiger partial charge is 0.284 e. The highest BCUT2D eigenvalue weighted by Gasteiger charge is 2.69. The SMILES string of the molecule is [C-]#[N+]c1ccc(N2C(=O)N(c3ccc(C#N)cc3)[C@@](C)(C(F)(F)F)[C@H]2c2cccc(C)c2)cc1. The normalized spacial score (nSPS) is 20.2. The number of rotatable bonds is 3. The zero-order valence-electron chi connectivity index (χ0n) is 18.3. The van der Waals surface area contributed by atoms with Crippen LogP contribution in [0.3, 0.4) is 0 Å². The first-order valence-electron chi connectivity index (χ1n) is 10.4. The van der Waals surface area contributed by atoms with E-state index >= 15 is 0 Å². The van der Waals surface area contributed by atoms with Crippen molar-refractivity contribution < 1.29 is 18.0 Å². The molecule has 0 aliphatic carbocycles. The molecule has 1 fully saturated rings. The molecule has 1 heterocycles. The maximum Gasteiger partial charge on any atom is 0.414 e. The van der Waals surface area contributed by atoms with Gasteiger partial charge in [0.05, 0.1) is 24.2 Å². The van der Waals surface area contributed by atoms with E-state index in [1.165, 1.54) is 48.5 Å². The van der Waals surface area contributed by atoms with Gasteiger partial charge in [0.1, 0.15) is 0 Å². The van der Waals surface area contributed by atoms with Crippen LogP contribution in [0.4, 0.5) is 35.0 Å². The van der Waals surface area contributed by atoms with Crippen LogP contribution < -0.4 is 9.80 Å². The molecule has 0 aromatic heterocycles. The van der Waals surface area contributed by atoms with Crippen molar-refractivity contribution in [3.05, 3.63) is 101 Å². The Bertz CT molecular complexity index is 1320. The second-order valence-corrected chi connectivity index (χ2v) is 8.24. The Morgan fingerprint density at radius 1 is 1.03 bits per heavy atom. The maximum absolute atomic E-state index is 14.9. The van der Waals surface area contributed by atoms with Gasteiger partial charge in [-0.25, -0.2) is 9.64 Å². The molecule has 2 atom stereocenters. The number of amides is 2. The Hall–Kier alpha value is -4.30. The number of alkyl halides is 3. The van der Waals surface area contributed by atoms with Crippen LogP contribution >= 0.6 is 0 Å². The summed E-state index contributed by atoms with van der Waals surface area (Å²) in [5.41, 5.74) is -0.689.